The van der Waals surface area contributed by atoms with Crippen LogP contribution >= 0.6 is 11.3 Å². The maximum atomic E-state index is 13.9. The van der Waals surface area contributed by atoms with Gasteiger partial charge in [-0.2, -0.15) is 11.3 Å². The van der Waals surface area contributed by atoms with Crippen LogP contribution in [0.4, 0.5) is 4.39 Å². The van der Waals surface area contributed by atoms with Crippen molar-refractivity contribution in [2.45, 2.75) is 6.04 Å². The number of nitrogens with two attached hydrogens (primary N) is 1. The first kappa shape index (κ1) is 12.0. The van der Waals surface area contributed by atoms with E-state index in [2.05, 4.69) is 5.43 Å². The molecule has 0 saturated carbocycles. The van der Waals surface area contributed by atoms with Crippen LogP contribution in [-0.2, 0) is 0 Å². The van der Waals surface area contributed by atoms with Crippen LogP contribution in [0.25, 0.3) is 0 Å². The third kappa shape index (κ3) is 2.46. The van der Waals surface area contributed by atoms with E-state index in [1.165, 1.54) is 13.2 Å². The molecular formula is C12H13FN2OS. The molecule has 1 unspecified atom stereocenters. The highest BCUT2D eigenvalue weighted by molar-refractivity contribution is 7.08. The number of halogens is 1. The fraction of sp³-hybridized carbons (Fsp3) is 0.167. The second-order valence-corrected chi connectivity index (χ2v) is 4.32. The van der Waals surface area contributed by atoms with Crippen LogP contribution < -0.4 is 16.0 Å². The Morgan fingerprint density at radius 3 is 2.76 bits per heavy atom. The minimum Gasteiger partial charge on any atom is -0.497 e. The van der Waals surface area contributed by atoms with Gasteiger partial charge < -0.3 is 4.74 Å². The Hall–Kier alpha value is -1.43. The summed E-state index contributed by atoms with van der Waals surface area (Å²) in [6, 6.07) is 6.32. The summed E-state index contributed by atoms with van der Waals surface area (Å²) >= 11 is 1.55. The SMILES string of the molecule is COc1ccc(C(NN)c2ccsc2)c(F)c1. The number of hydrogen-bond acceptors (Lipinski definition) is 4. The molecule has 2 aromatic rings. The van der Waals surface area contributed by atoms with Gasteiger partial charge in [0, 0.05) is 11.6 Å². The molecule has 0 spiro atoms. The molecule has 5 heteroatoms. The Kier molecular flexibility index (Phi) is 3.73. The van der Waals surface area contributed by atoms with Gasteiger partial charge in [-0.3, -0.25) is 5.84 Å². The number of thiophene rings is 1. The first-order chi connectivity index (χ1) is 8.26. The lowest BCUT2D eigenvalue weighted by Crippen LogP contribution is -2.29. The zero-order valence-corrected chi connectivity index (χ0v) is 10.1. The van der Waals surface area contributed by atoms with Gasteiger partial charge in [0.2, 0.25) is 0 Å². The first-order valence-corrected chi connectivity index (χ1v) is 6.02. The van der Waals surface area contributed by atoms with Crippen molar-refractivity contribution < 1.29 is 9.13 Å². The van der Waals surface area contributed by atoms with Gasteiger partial charge in [-0.25, -0.2) is 9.82 Å². The van der Waals surface area contributed by atoms with E-state index in [1.807, 2.05) is 16.8 Å². The van der Waals surface area contributed by atoms with Crippen LogP contribution in [0.2, 0.25) is 0 Å². The van der Waals surface area contributed by atoms with Gasteiger partial charge in [-0.15, -0.1) is 0 Å². The van der Waals surface area contributed by atoms with Crippen LogP contribution in [0.1, 0.15) is 17.2 Å². The third-order valence-electron chi connectivity index (χ3n) is 2.56. The zero-order chi connectivity index (χ0) is 12.3. The van der Waals surface area contributed by atoms with Crippen molar-refractivity contribution in [3.63, 3.8) is 0 Å². The molecule has 0 bridgehead atoms. The van der Waals surface area contributed by atoms with Crippen molar-refractivity contribution in [3.05, 3.63) is 52.0 Å². The molecule has 3 nitrogen and oxygen atoms in total. The summed E-state index contributed by atoms with van der Waals surface area (Å²) in [5, 5.41) is 3.87. The first-order valence-electron chi connectivity index (χ1n) is 5.08. The molecule has 17 heavy (non-hydrogen) atoms. The molecule has 1 aromatic carbocycles. The minimum absolute atomic E-state index is 0.335. The minimum atomic E-state index is -0.341. The van der Waals surface area contributed by atoms with Crippen molar-refractivity contribution in [2.75, 3.05) is 7.11 Å². The second kappa shape index (κ2) is 5.27. The average Bonchev–Trinajstić information content (AvgIpc) is 2.85. The molecule has 2 rings (SSSR count). The molecule has 0 amide bonds. The van der Waals surface area contributed by atoms with Crippen LogP contribution in [-0.4, -0.2) is 7.11 Å². The number of hydrazine groups is 1. The second-order valence-electron chi connectivity index (χ2n) is 3.54. The van der Waals surface area contributed by atoms with Gasteiger partial charge in [0.15, 0.2) is 0 Å². The molecule has 3 N–H and O–H groups in total. The highest BCUT2D eigenvalue weighted by Crippen LogP contribution is 2.27. The smallest absolute Gasteiger partial charge is 0.132 e. The van der Waals surface area contributed by atoms with Crippen molar-refractivity contribution in [2.24, 2.45) is 5.84 Å². The van der Waals surface area contributed by atoms with Gasteiger partial charge in [0.25, 0.3) is 0 Å². The van der Waals surface area contributed by atoms with Gasteiger partial charge in [-0.05, 0) is 28.5 Å². The monoisotopic (exact) mass is 252 g/mol. The lowest BCUT2D eigenvalue weighted by atomic mass is 10.0. The summed E-state index contributed by atoms with van der Waals surface area (Å²) in [6.45, 7) is 0. The van der Waals surface area contributed by atoms with Crippen molar-refractivity contribution in [3.8, 4) is 5.75 Å². The van der Waals surface area contributed by atoms with E-state index in [0.717, 1.165) is 5.56 Å². The maximum Gasteiger partial charge on any atom is 0.132 e. The van der Waals surface area contributed by atoms with E-state index in [4.69, 9.17) is 10.6 Å². The fourth-order valence-electron chi connectivity index (χ4n) is 1.67. The summed E-state index contributed by atoms with van der Waals surface area (Å²) in [7, 11) is 1.51. The molecule has 0 aliphatic heterocycles. The molecule has 1 heterocycles. The zero-order valence-electron chi connectivity index (χ0n) is 9.31. The van der Waals surface area contributed by atoms with Crippen LogP contribution in [0.3, 0.4) is 0 Å². The Morgan fingerprint density at radius 1 is 1.41 bits per heavy atom. The Balaban J connectivity index is 2.38. The largest absolute Gasteiger partial charge is 0.497 e. The van der Waals surface area contributed by atoms with E-state index >= 15 is 0 Å². The molecule has 0 radical (unpaired) electrons. The molecule has 0 fully saturated rings. The van der Waals surface area contributed by atoms with E-state index < -0.39 is 0 Å². The summed E-state index contributed by atoms with van der Waals surface area (Å²) < 4.78 is 18.9. The third-order valence-corrected chi connectivity index (χ3v) is 3.26. The van der Waals surface area contributed by atoms with Crippen molar-refractivity contribution >= 4 is 11.3 Å². The predicted octanol–water partition coefficient (Wildman–Crippen LogP) is 2.45. The lowest BCUT2D eigenvalue weighted by molar-refractivity contribution is 0.410. The van der Waals surface area contributed by atoms with Crippen LogP contribution in [0, 0.1) is 5.82 Å². The number of benzene rings is 1. The van der Waals surface area contributed by atoms with E-state index in [-0.39, 0.29) is 11.9 Å². The van der Waals surface area contributed by atoms with Crippen molar-refractivity contribution in [1.29, 1.82) is 0 Å². The Morgan fingerprint density at radius 2 is 2.24 bits per heavy atom. The number of hydrogen-bond donors (Lipinski definition) is 2. The van der Waals surface area contributed by atoms with Gasteiger partial charge in [-0.1, -0.05) is 6.07 Å². The molecule has 0 aliphatic carbocycles. The molecule has 1 aromatic heterocycles. The Bertz CT molecular complexity index is 487. The molecular weight excluding hydrogens is 239 g/mol. The van der Waals surface area contributed by atoms with Crippen LogP contribution in [0.5, 0.6) is 5.75 Å². The molecule has 0 saturated heterocycles. The van der Waals surface area contributed by atoms with Gasteiger partial charge in [0.1, 0.15) is 11.6 Å². The van der Waals surface area contributed by atoms with E-state index in [0.29, 0.717) is 11.3 Å². The summed E-state index contributed by atoms with van der Waals surface area (Å²) in [5.74, 6) is 5.65. The van der Waals surface area contributed by atoms with Gasteiger partial charge >= 0.3 is 0 Å². The number of nitrogens with one attached hydrogen (secondary N) is 1. The molecule has 0 aliphatic rings. The van der Waals surface area contributed by atoms with Gasteiger partial charge in [0.05, 0.1) is 13.2 Å². The molecule has 1 atom stereocenters. The normalized spacial score (nSPS) is 12.4. The quantitative estimate of drug-likeness (QED) is 0.649. The highest BCUT2D eigenvalue weighted by atomic mass is 32.1. The summed E-state index contributed by atoms with van der Waals surface area (Å²) in [5.41, 5.74) is 4.08. The summed E-state index contributed by atoms with van der Waals surface area (Å²) in [6.07, 6.45) is 0. The van der Waals surface area contributed by atoms with Crippen LogP contribution in [0.15, 0.2) is 35.0 Å². The maximum absolute atomic E-state index is 13.9. The number of ether oxygens (including phenoxy) is 1. The highest BCUT2D eigenvalue weighted by Gasteiger charge is 2.17. The topological polar surface area (TPSA) is 47.3 Å². The Labute approximate surface area is 103 Å². The number of rotatable bonds is 4. The standard InChI is InChI=1S/C12H13FN2OS/c1-16-9-2-3-10(11(13)6-9)12(15-14)8-4-5-17-7-8/h2-7,12,15H,14H2,1H3. The van der Waals surface area contributed by atoms with Crippen molar-refractivity contribution in [1.82, 2.24) is 5.43 Å². The fourth-order valence-corrected chi connectivity index (χ4v) is 2.36. The number of methoxy groups -OCH3 is 1. The lowest BCUT2D eigenvalue weighted by Gasteiger charge is -2.16. The van der Waals surface area contributed by atoms with E-state index in [9.17, 15) is 4.39 Å². The average molecular weight is 252 g/mol. The van der Waals surface area contributed by atoms with E-state index in [1.54, 1.807) is 23.5 Å². The summed E-state index contributed by atoms with van der Waals surface area (Å²) in [4.78, 5) is 0. The predicted molar refractivity (Wildman–Crippen MR) is 66.4 cm³/mol. The molecule has 90 valence electrons.